The molecule has 0 heterocycles. The molecule has 5 nitrogen and oxygen atoms in total. The average Bonchev–Trinajstić information content (AvgIpc) is 2.57. The number of carboxylic acids is 2. The van der Waals surface area contributed by atoms with Gasteiger partial charge in [-0.3, -0.25) is 9.59 Å². The smallest absolute Gasteiger partial charge is 0.310 e. The molecule has 0 aliphatic heterocycles. The normalized spacial score (nSPS) is 14.0. The van der Waals surface area contributed by atoms with E-state index < -0.39 is 40.8 Å². The molecule has 1 aromatic rings. The molecule has 27 heavy (non-hydrogen) atoms. The third-order valence-corrected chi connectivity index (χ3v) is 5.50. The van der Waals surface area contributed by atoms with Gasteiger partial charge in [0.1, 0.15) is 0 Å². The predicted octanol–water partition coefficient (Wildman–Crippen LogP) is 4.36. The molecule has 0 spiro atoms. The van der Waals surface area contributed by atoms with Crippen molar-refractivity contribution in [1.82, 2.24) is 0 Å². The first-order valence-corrected chi connectivity index (χ1v) is 8.75. The lowest BCUT2D eigenvalue weighted by Crippen LogP contribution is -2.47. The Balaban J connectivity index is 3.65. The molecule has 0 aliphatic carbocycles. The third-order valence-electron chi connectivity index (χ3n) is 5.50. The number of nitriles is 1. The van der Waals surface area contributed by atoms with Gasteiger partial charge < -0.3 is 10.2 Å². The van der Waals surface area contributed by atoms with E-state index in [1.165, 1.54) is 6.07 Å². The fourth-order valence-corrected chi connectivity index (χ4v) is 3.75. The number of aliphatic carboxylic acids is 2. The van der Waals surface area contributed by atoms with Crippen molar-refractivity contribution < 1.29 is 28.6 Å². The largest absolute Gasteiger partial charge is 0.481 e. The minimum absolute atomic E-state index is 0.0806. The Morgan fingerprint density at radius 2 is 1.67 bits per heavy atom. The van der Waals surface area contributed by atoms with Gasteiger partial charge in [0.15, 0.2) is 11.6 Å². The van der Waals surface area contributed by atoms with E-state index in [-0.39, 0.29) is 30.2 Å². The summed E-state index contributed by atoms with van der Waals surface area (Å²) in [5.74, 6) is -5.29. The molecule has 7 heteroatoms. The van der Waals surface area contributed by atoms with Crippen molar-refractivity contribution in [1.29, 1.82) is 5.26 Å². The van der Waals surface area contributed by atoms with E-state index in [1.54, 1.807) is 27.7 Å². The topological polar surface area (TPSA) is 98.4 Å². The fourth-order valence-electron chi connectivity index (χ4n) is 3.75. The van der Waals surface area contributed by atoms with Gasteiger partial charge in [0.05, 0.1) is 16.9 Å². The standard InChI is InChI=1S/C20H25F2NO4/c1-12(2)20(13(3)4,18(26)27)10-19(11-23,8-7-17(24)25)14-5-6-15(21)16(22)9-14/h5-6,9,12-13H,7-8,10H2,1-4H3,(H,24,25)(H,26,27). The SMILES string of the molecule is CC(C)C(CC(C#N)(CCC(=O)O)c1ccc(F)c(F)c1)(C(=O)O)C(C)C. The van der Waals surface area contributed by atoms with E-state index in [2.05, 4.69) is 0 Å². The highest BCUT2D eigenvalue weighted by atomic mass is 19.2. The number of hydrogen-bond donors (Lipinski definition) is 2. The minimum Gasteiger partial charge on any atom is -0.481 e. The van der Waals surface area contributed by atoms with Crippen molar-refractivity contribution in [2.24, 2.45) is 17.3 Å². The second-order valence-electron chi connectivity index (χ2n) is 7.55. The Hall–Kier alpha value is -2.49. The highest BCUT2D eigenvalue weighted by Crippen LogP contribution is 2.48. The lowest BCUT2D eigenvalue weighted by molar-refractivity contribution is -0.157. The number of rotatable bonds is 9. The highest BCUT2D eigenvalue weighted by molar-refractivity contribution is 5.76. The zero-order valence-electron chi connectivity index (χ0n) is 15.9. The van der Waals surface area contributed by atoms with Gasteiger partial charge in [-0.1, -0.05) is 33.8 Å². The summed E-state index contributed by atoms with van der Waals surface area (Å²) in [7, 11) is 0. The van der Waals surface area contributed by atoms with E-state index in [1.807, 2.05) is 6.07 Å². The number of halogens is 2. The molecule has 0 aromatic heterocycles. The molecular formula is C20H25F2NO4. The van der Waals surface area contributed by atoms with Crippen LogP contribution in [0.1, 0.15) is 52.5 Å². The van der Waals surface area contributed by atoms with E-state index >= 15 is 0 Å². The Kier molecular flexibility index (Phi) is 7.07. The van der Waals surface area contributed by atoms with Gasteiger partial charge in [0.2, 0.25) is 0 Å². The first-order valence-electron chi connectivity index (χ1n) is 8.75. The maximum Gasteiger partial charge on any atom is 0.310 e. The van der Waals surface area contributed by atoms with Crippen molar-refractivity contribution >= 4 is 11.9 Å². The zero-order valence-corrected chi connectivity index (χ0v) is 15.9. The van der Waals surface area contributed by atoms with Gasteiger partial charge >= 0.3 is 11.9 Å². The van der Waals surface area contributed by atoms with Crippen LogP contribution in [0.5, 0.6) is 0 Å². The van der Waals surface area contributed by atoms with Crippen molar-refractivity contribution in [3.05, 3.63) is 35.4 Å². The van der Waals surface area contributed by atoms with Crippen LogP contribution >= 0.6 is 0 Å². The van der Waals surface area contributed by atoms with Gasteiger partial charge in [-0.15, -0.1) is 0 Å². The highest BCUT2D eigenvalue weighted by Gasteiger charge is 2.51. The quantitative estimate of drug-likeness (QED) is 0.662. The summed E-state index contributed by atoms with van der Waals surface area (Å²) in [5, 5.41) is 29.0. The third kappa shape index (κ3) is 4.44. The van der Waals surface area contributed by atoms with Crippen LogP contribution in [0.15, 0.2) is 18.2 Å². The van der Waals surface area contributed by atoms with E-state index in [0.717, 1.165) is 12.1 Å². The van der Waals surface area contributed by atoms with Crippen molar-refractivity contribution in [3.63, 3.8) is 0 Å². The summed E-state index contributed by atoms with van der Waals surface area (Å²) in [6.45, 7) is 6.88. The number of benzene rings is 1. The molecule has 1 rings (SSSR count). The lowest BCUT2D eigenvalue weighted by atomic mass is 9.58. The number of hydrogen-bond acceptors (Lipinski definition) is 3. The summed E-state index contributed by atoms with van der Waals surface area (Å²) < 4.78 is 27.2. The van der Waals surface area contributed by atoms with Gasteiger partial charge in [0.25, 0.3) is 0 Å². The lowest BCUT2D eigenvalue weighted by Gasteiger charge is -2.43. The maximum atomic E-state index is 13.8. The average molecular weight is 381 g/mol. The number of nitrogens with zero attached hydrogens (tertiary/aromatic N) is 1. The van der Waals surface area contributed by atoms with E-state index in [0.29, 0.717) is 0 Å². The van der Waals surface area contributed by atoms with Crippen LogP contribution in [0.4, 0.5) is 8.78 Å². The Morgan fingerprint density at radius 1 is 1.11 bits per heavy atom. The summed E-state index contributed by atoms with van der Waals surface area (Å²) in [6.07, 6.45) is -0.823. The molecule has 0 amide bonds. The second-order valence-corrected chi connectivity index (χ2v) is 7.55. The van der Waals surface area contributed by atoms with Crippen LogP contribution in [0.25, 0.3) is 0 Å². The molecule has 148 valence electrons. The van der Waals surface area contributed by atoms with Gasteiger partial charge in [-0.2, -0.15) is 5.26 Å². The molecule has 0 fully saturated rings. The van der Waals surface area contributed by atoms with E-state index in [4.69, 9.17) is 5.11 Å². The Bertz CT molecular complexity index is 747. The first kappa shape index (κ1) is 22.6. The number of carbonyl (C=O) groups is 2. The van der Waals surface area contributed by atoms with Crippen LogP contribution in [-0.2, 0) is 15.0 Å². The predicted molar refractivity (Wildman–Crippen MR) is 94.9 cm³/mol. The second kappa shape index (κ2) is 8.47. The summed E-state index contributed by atoms with van der Waals surface area (Å²) in [4.78, 5) is 23.4. The molecule has 0 bridgehead atoms. The Labute approximate surface area is 157 Å². The molecule has 0 saturated carbocycles. The number of carboxylic acid groups (broad SMARTS) is 2. The van der Waals surface area contributed by atoms with Crippen LogP contribution < -0.4 is 0 Å². The summed E-state index contributed by atoms with van der Waals surface area (Å²) >= 11 is 0. The molecule has 0 radical (unpaired) electrons. The van der Waals surface area contributed by atoms with Crippen molar-refractivity contribution in [2.45, 2.75) is 52.4 Å². The zero-order chi connectivity index (χ0) is 21.0. The van der Waals surface area contributed by atoms with Crippen LogP contribution in [0, 0.1) is 40.2 Å². The maximum absolute atomic E-state index is 13.8. The summed E-state index contributed by atoms with van der Waals surface area (Å²) in [5.41, 5.74) is -2.85. The monoisotopic (exact) mass is 381 g/mol. The van der Waals surface area contributed by atoms with Crippen molar-refractivity contribution in [2.75, 3.05) is 0 Å². The molecule has 1 atom stereocenters. The van der Waals surface area contributed by atoms with Crippen LogP contribution in [0.3, 0.4) is 0 Å². The minimum atomic E-state index is -1.58. The van der Waals surface area contributed by atoms with Crippen LogP contribution in [0.2, 0.25) is 0 Å². The first-order chi connectivity index (χ1) is 12.4. The molecule has 0 saturated heterocycles. The molecule has 1 unspecified atom stereocenters. The Morgan fingerprint density at radius 3 is 2.04 bits per heavy atom. The van der Waals surface area contributed by atoms with Gasteiger partial charge in [-0.05, 0) is 42.4 Å². The molecule has 0 aliphatic rings. The van der Waals surface area contributed by atoms with Crippen LogP contribution in [-0.4, -0.2) is 22.2 Å². The fraction of sp³-hybridized carbons (Fsp3) is 0.550. The summed E-state index contributed by atoms with van der Waals surface area (Å²) in [6, 6.07) is 4.98. The molecule has 1 aromatic carbocycles. The van der Waals surface area contributed by atoms with E-state index in [9.17, 15) is 28.7 Å². The van der Waals surface area contributed by atoms with Gasteiger partial charge in [0, 0.05) is 6.42 Å². The molecular weight excluding hydrogens is 356 g/mol. The van der Waals surface area contributed by atoms with Crippen molar-refractivity contribution in [3.8, 4) is 6.07 Å². The molecule has 2 N–H and O–H groups in total. The van der Waals surface area contributed by atoms with Gasteiger partial charge in [-0.25, -0.2) is 8.78 Å².